The van der Waals surface area contributed by atoms with Crippen LogP contribution in [0.15, 0.2) is 0 Å². The molecule has 1 unspecified atom stereocenters. The summed E-state index contributed by atoms with van der Waals surface area (Å²) in [6.45, 7) is 11.6. The van der Waals surface area contributed by atoms with E-state index in [1.807, 2.05) is 6.92 Å². The minimum atomic E-state index is 0.276. The van der Waals surface area contributed by atoms with Crippen LogP contribution < -0.4 is 5.32 Å². The molecule has 0 amide bonds. The van der Waals surface area contributed by atoms with Gasteiger partial charge in [-0.1, -0.05) is 11.6 Å². The van der Waals surface area contributed by atoms with Crippen molar-refractivity contribution in [2.45, 2.75) is 52.2 Å². The second kappa shape index (κ2) is 5.32. The van der Waals surface area contributed by atoms with Gasteiger partial charge in [0.2, 0.25) is 0 Å². The first kappa shape index (κ1) is 14.4. The highest BCUT2D eigenvalue weighted by atomic mass is 35.5. The monoisotopic (exact) mass is 296 g/mol. The summed E-state index contributed by atoms with van der Waals surface area (Å²) >= 11 is 6.47. The molecule has 5 heteroatoms. The third-order valence-electron chi connectivity index (χ3n) is 5.01. The highest BCUT2D eigenvalue weighted by Gasteiger charge is 2.46. The molecule has 1 aliphatic carbocycles. The number of hydrogen-bond donors (Lipinski definition) is 1. The van der Waals surface area contributed by atoms with Gasteiger partial charge in [0.25, 0.3) is 0 Å². The van der Waals surface area contributed by atoms with Crippen molar-refractivity contribution in [3.63, 3.8) is 0 Å². The SMILES string of the molecule is CCn1nc(C)c(Cl)c1CN1CCNCC1(C)C1CC1. The molecule has 1 saturated carbocycles. The maximum Gasteiger partial charge on any atom is 0.0860 e. The van der Waals surface area contributed by atoms with E-state index in [0.29, 0.717) is 0 Å². The van der Waals surface area contributed by atoms with Crippen LogP contribution in [0.3, 0.4) is 0 Å². The summed E-state index contributed by atoms with van der Waals surface area (Å²) in [5, 5.41) is 8.96. The van der Waals surface area contributed by atoms with Crippen molar-refractivity contribution in [3.8, 4) is 0 Å². The van der Waals surface area contributed by atoms with Crippen LogP contribution >= 0.6 is 11.6 Å². The molecule has 1 N–H and O–H groups in total. The molecule has 0 radical (unpaired) electrons. The van der Waals surface area contributed by atoms with Crippen molar-refractivity contribution >= 4 is 11.6 Å². The molecular formula is C15H25ClN4. The predicted molar refractivity (Wildman–Crippen MR) is 82.1 cm³/mol. The van der Waals surface area contributed by atoms with Gasteiger partial charge in [-0.2, -0.15) is 5.10 Å². The Morgan fingerprint density at radius 3 is 2.85 bits per heavy atom. The Morgan fingerprint density at radius 1 is 1.45 bits per heavy atom. The lowest BCUT2D eigenvalue weighted by Gasteiger charge is -2.46. The van der Waals surface area contributed by atoms with E-state index in [4.69, 9.17) is 11.6 Å². The van der Waals surface area contributed by atoms with E-state index < -0.39 is 0 Å². The van der Waals surface area contributed by atoms with Gasteiger partial charge in [0.15, 0.2) is 0 Å². The van der Waals surface area contributed by atoms with Gasteiger partial charge in [-0.25, -0.2) is 0 Å². The lowest BCUT2D eigenvalue weighted by Crippen LogP contribution is -2.60. The Bertz CT molecular complexity index is 494. The number of nitrogens with zero attached hydrogens (tertiary/aromatic N) is 3. The first-order valence-corrected chi connectivity index (χ1v) is 8.11. The summed E-state index contributed by atoms with van der Waals surface area (Å²) in [6.07, 6.45) is 2.74. The number of piperazine rings is 1. The largest absolute Gasteiger partial charge is 0.314 e. The fraction of sp³-hybridized carbons (Fsp3) is 0.800. The van der Waals surface area contributed by atoms with Crippen molar-refractivity contribution in [3.05, 3.63) is 16.4 Å². The quantitative estimate of drug-likeness (QED) is 0.926. The molecular weight excluding hydrogens is 272 g/mol. The molecule has 2 fully saturated rings. The lowest BCUT2D eigenvalue weighted by molar-refractivity contribution is 0.0461. The van der Waals surface area contributed by atoms with Crippen LogP contribution in [-0.4, -0.2) is 39.9 Å². The minimum absolute atomic E-state index is 0.276. The van der Waals surface area contributed by atoms with E-state index in [-0.39, 0.29) is 5.54 Å². The molecule has 3 rings (SSSR count). The summed E-state index contributed by atoms with van der Waals surface area (Å²) < 4.78 is 2.06. The van der Waals surface area contributed by atoms with Crippen molar-refractivity contribution in [2.75, 3.05) is 19.6 Å². The summed E-state index contributed by atoms with van der Waals surface area (Å²) in [5.74, 6) is 0.841. The van der Waals surface area contributed by atoms with Crippen molar-refractivity contribution in [1.82, 2.24) is 20.0 Å². The standard InChI is InChI=1S/C15H25ClN4/c1-4-20-13(14(16)11(2)18-20)9-19-8-7-17-10-15(19,3)12-5-6-12/h12,17H,4-10H2,1-3H3. The zero-order valence-corrected chi connectivity index (χ0v) is 13.5. The molecule has 1 saturated heterocycles. The van der Waals surface area contributed by atoms with Crippen LogP contribution in [-0.2, 0) is 13.1 Å². The molecule has 0 spiro atoms. The fourth-order valence-corrected chi connectivity index (χ4v) is 3.69. The maximum absolute atomic E-state index is 6.47. The van der Waals surface area contributed by atoms with Crippen LogP contribution in [0, 0.1) is 12.8 Å². The molecule has 4 nitrogen and oxygen atoms in total. The molecule has 2 heterocycles. The third-order valence-corrected chi connectivity index (χ3v) is 5.51. The Morgan fingerprint density at radius 2 is 2.20 bits per heavy atom. The van der Waals surface area contributed by atoms with E-state index in [0.717, 1.165) is 49.4 Å². The Labute approximate surface area is 126 Å². The van der Waals surface area contributed by atoms with Crippen LogP contribution in [0.4, 0.5) is 0 Å². The number of aromatic nitrogens is 2. The van der Waals surface area contributed by atoms with Crippen LogP contribution in [0.1, 0.15) is 38.1 Å². The highest BCUT2D eigenvalue weighted by Crippen LogP contribution is 2.44. The first-order valence-electron chi connectivity index (χ1n) is 7.73. The van der Waals surface area contributed by atoms with Crippen LogP contribution in [0.5, 0.6) is 0 Å². The van der Waals surface area contributed by atoms with Crippen molar-refractivity contribution < 1.29 is 0 Å². The number of halogens is 1. The van der Waals surface area contributed by atoms with E-state index in [1.54, 1.807) is 0 Å². The topological polar surface area (TPSA) is 33.1 Å². The van der Waals surface area contributed by atoms with Crippen LogP contribution in [0.25, 0.3) is 0 Å². The molecule has 0 aromatic carbocycles. The summed E-state index contributed by atoms with van der Waals surface area (Å²) in [6, 6.07) is 0. The molecule has 1 aliphatic heterocycles. The second-order valence-corrected chi connectivity index (χ2v) is 6.77. The van der Waals surface area contributed by atoms with Crippen LogP contribution in [0.2, 0.25) is 5.02 Å². The average molecular weight is 297 g/mol. The maximum atomic E-state index is 6.47. The molecule has 1 aromatic heterocycles. The third kappa shape index (κ3) is 2.38. The van der Waals surface area contributed by atoms with Crippen molar-refractivity contribution in [1.29, 1.82) is 0 Å². The Balaban J connectivity index is 1.85. The Kier molecular flexibility index (Phi) is 3.82. The van der Waals surface area contributed by atoms with Gasteiger partial charge in [-0.15, -0.1) is 0 Å². The molecule has 112 valence electrons. The lowest BCUT2D eigenvalue weighted by atomic mass is 9.91. The highest BCUT2D eigenvalue weighted by molar-refractivity contribution is 6.31. The molecule has 2 aliphatic rings. The summed E-state index contributed by atoms with van der Waals surface area (Å²) in [5.41, 5.74) is 2.41. The molecule has 1 aromatic rings. The van der Waals surface area contributed by atoms with Gasteiger partial charge >= 0.3 is 0 Å². The summed E-state index contributed by atoms with van der Waals surface area (Å²) in [7, 11) is 0. The first-order chi connectivity index (χ1) is 9.56. The molecule has 20 heavy (non-hydrogen) atoms. The number of hydrogen-bond acceptors (Lipinski definition) is 3. The molecule has 0 bridgehead atoms. The smallest absolute Gasteiger partial charge is 0.0860 e. The van der Waals surface area contributed by atoms with Gasteiger partial charge in [0, 0.05) is 38.3 Å². The Hall–Kier alpha value is -0.580. The van der Waals surface area contributed by atoms with E-state index in [1.165, 1.54) is 18.5 Å². The number of rotatable bonds is 4. The van der Waals surface area contributed by atoms with Gasteiger partial charge in [-0.05, 0) is 39.5 Å². The van der Waals surface area contributed by atoms with Gasteiger partial charge in [0.1, 0.15) is 0 Å². The minimum Gasteiger partial charge on any atom is -0.314 e. The zero-order valence-electron chi connectivity index (χ0n) is 12.7. The van der Waals surface area contributed by atoms with Crippen molar-refractivity contribution in [2.24, 2.45) is 5.92 Å². The number of aryl methyl sites for hydroxylation is 2. The second-order valence-electron chi connectivity index (χ2n) is 6.39. The van der Waals surface area contributed by atoms with Gasteiger partial charge < -0.3 is 5.32 Å². The molecule has 1 atom stereocenters. The van der Waals surface area contributed by atoms with Gasteiger partial charge in [0.05, 0.1) is 16.4 Å². The zero-order chi connectivity index (χ0) is 14.3. The normalized spacial score (nSPS) is 28.0. The average Bonchev–Trinajstić information content (AvgIpc) is 3.25. The summed E-state index contributed by atoms with van der Waals surface area (Å²) in [4.78, 5) is 2.62. The number of nitrogens with one attached hydrogen (secondary N) is 1. The van der Waals surface area contributed by atoms with E-state index >= 15 is 0 Å². The van der Waals surface area contributed by atoms with E-state index in [9.17, 15) is 0 Å². The van der Waals surface area contributed by atoms with E-state index in [2.05, 4.69) is 33.8 Å². The fourth-order valence-electron chi connectivity index (χ4n) is 3.49. The van der Waals surface area contributed by atoms with Gasteiger partial charge in [-0.3, -0.25) is 9.58 Å². The predicted octanol–water partition coefficient (Wildman–Crippen LogP) is 2.44.